The predicted octanol–water partition coefficient (Wildman–Crippen LogP) is 3.09. The number of imide groups is 1. The second-order valence-corrected chi connectivity index (χ2v) is 5.96. The Balaban J connectivity index is 2.40. The smallest absolute Gasteiger partial charge is 0.256 e. The van der Waals surface area contributed by atoms with Crippen molar-refractivity contribution in [2.75, 3.05) is 0 Å². The molecule has 1 unspecified atom stereocenters. The average molecular weight is 257 g/mol. The number of hydrogen-bond acceptors (Lipinski definition) is 2. The molecule has 2 rings (SSSR count). The Bertz CT molecular complexity index is 525. The number of rotatable bonds is 1. The van der Waals surface area contributed by atoms with Crippen molar-refractivity contribution in [1.82, 2.24) is 4.90 Å². The lowest BCUT2D eigenvalue weighted by Gasteiger charge is -2.29. The van der Waals surface area contributed by atoms with Gasteiger partial charge in [-0.3, -0.25) is 14.5 Å². The Morgan fingerprint density at radius 1 is 1.26 bits per heavy atom. The van der Waals surface area contributed by atoms with E-state index in [0.717, 1.165) is 5.56 Å². The number of amides is 2. The van der Waals surface area contributed by atoms with E-state index in [1.54, 1.807) is 0 Å². The zero-order chi connectivity index (χ0) is 14.2. The highest BCUT2D eigenvalue weighted by atomic mass is 16.2. The molecule has 2 amide bonds. The fourth-order valence-electron chi connectivity index (χ4n) is 2.26. The molecule has 0 bridgehead atoms. The molecule has 1 aliphatic heterocycles. The third kappa shape index (κ3) is 2.46. The molecule has 1 aliphatic rings. The normalized spacial score (nSPS) is 19.9. The van der Waals surface area contributed by atoms with Gasteiger partial charge in [-0.15, -0.1) is 0 Å². The largest absolute Gasteiger partial charge is 0.274 e. The first-order valence-corrected chi connectivity index (χ1v) is 6.43. The van der Waals surface area contributed by atoms with E-state index in [1.807, 2.05) is 51.1 Å². The monoisotopic (exact) mass is 257 g/mol. The van der Waals surface area contributed by atoms with Crippen molar-refractivity contribution >= 4 is 11.8 Å². The summed E-state index contributed by atoms with van der Waals surface area (Å²) in [4.78, 5) is 26.0. The van der Waals surface area contributed by atoms with Crippen LogP contribution in [0.15, 0.2) is 42.5 Å². The van der Waals surface area contributed by atoms with Crippen molar-refractivity contribution in [3.8, 4) is 0 Å². The average Bonchev–Trinajstić information content (AvgIpc) is 2.65. The van der Waals surface area contributed by atoms with Crippen molar-refractivity contribution in [1.29, 1.82) is 0 Å². The minimum Gasteiger partial charge on any atom is -0.274 e. The third-order valence-electron chi connectivity index (χ3n) is 3.32. The molecular formula is C16H19NO2. The van der Waals surface area contributed by atoms with E-state index in [4.69, 9.17) is 0 Å². The van der Waals surface area contributed by atoms with Gasteiger partial charge in [0.2, 0.25) is 5.91 Å². The summed E-state index contributed by atoms with van der Waals surface area (Å²) < 4.78 is 0. The predicted molar refractivity (Wildman–Crippen MR) is 74.2 cm³/mol. The maximum absolute atomic E-state index is 12.5. The van der Waals surface area contributed by atoms with Crippen LogP contribution in [-0.2, 0) is 9.59 Å². The Labute approximate surface area is 113 Å². The Morgan fingerprint density at radius 3 is 2.37 bits per heavy atom. The van der Waals surface area contributed by atoms with Crippen molar-refractivity contribution in [3.63, 3.8) is 0 Å². The summed E-state index contributed by atoms with van der Waals surface area (Å²) in [6.07, 6.45) is 0.519. The van der Waals surface area contributed by atoms with E-state index >= 15 is 0 Å². The molecule has 1 heterocycles. The highest BCUT2D eigenvalue weighted by Crippen LogP contribution is 2.37. The molecule has 1 atom stereocenters. The van der Waals surface area contributed by atoms with Gasteiger partial charge in [0.1, 0.15) is 0 Å². The topological polar surface area (TPSA) is 37.4 Å². The van der Waals surface area contributed by atoms with Gasteiger partial charge in [-0.25, -0.2) is 0 Å². The first-order chi connectivity index (χ1) is 8.82. The summed E-state index contributed by atoms with van der Waals surface area (Å²) >= 11 is 0. The third-order valence-corrected chi connectivity index (χ3v) is 3.32. The molecule has 0 aliphatic carbocycles. The zero-order valence-electron chi connectivity index (χ0n) is 11.6. The minimum atomic E-state index is -0.576. The second kappa shape index (κ2) is 4.65. The first-order valence-electron chi connectivity index (χ1n) is 6.43. The lowest BCUT2D eigenvalue weighted by molar-refractivity contribution is -0.148. The van der Waals surface area contributed by atoms with Crippen LogP contribution in [0.2, 0.25) is 0 Å². The number of carbonyl (C=O) groups excluding carboxylic acids is 2. The molecule has 3 heteroatoms. The van der Waals surface area contributed by atoms with Gasteiger partial charge < -0.3 is 0 Å². The van der Waals surface area contributed by atoms with Crippen LogP contribution in [0.5, 0.6) is 0 Å². The van der Waals surface area contributed by atoms with Crippen molar-refractivity contribution in [2.45, 2.75) is 33.2 Å². The van der Waals surface area contributed by atoms with Crippen molar-refractivity contribution in [3.05, 3.63) is 48.0 Å². The fraction of sp³-hybridized carbons (Fsp3) is 0.375. The summed E-state index contributed by atoms with van der Waals surface area (Å²) in [5.74, 6) is -0.390. The summed E-state index contributed by atoms with van der Waals surface area (Å²) in [5.41, 5.74) is 0.909. The first kappa shape index (κ1) is 13.5. The van der Waals surface area contributed by atoms with Crippen molar-refractivity contribution in [2.24, 2.45) is 5.41 Å². The van der Waals surface area contributed by atoms with Gasteiger partial charge in [-0.2, -0.15) is 0 Å². The van der Waals surface area contributed by atoms with E-state index in [-0.39, 0.29) is 17.9 Å². The number of nitrogens with zero attached hydrogens (tertiary/aromatic N) is 1. The zero-order valence-corrected chi connectivity index (χ0v) is 11.6. The van der Waals surface area contributed by atoms with Crippen molar-refractivity contribution < 1.29 is 9.59 Å². The molecule has 1 fully saturated rings. The van der Waals surface area contributed by atoms with E-state index in [2.05, 4.69) is 6.58 Å². The second-order valence-electron chi connectivity index (χ2n) is 5.96. The fourth-order valence-corrected chi connectivity index (χ4v) is 2.26. The highest BCUT2D eigenvalue weighted by molar-refractivity contribution is 6.07. The van der Waals surface area contributed by atoms with Crippen LogP contribution in [0.25, 0.3) is 0 Å². The van der Waals surface area contributed by atoms with Gasteiger partial charge in [0.05, 0.1) is 6.04 Å². The quantitative estimate of drug-likeness (QED) is 0.725. The minimum absolute atomic E-state index is 0.148. The van der Waals surface area contributed by atoms with Gasteiger partial charge in [0.25, 0.3) is 5.91 Å². The van der Waals surface area contributed by atoms with Crippen LogP contribution in [-0.4, -0.2) is 16.7 Å². The molecule has 0 radical (unpaired) electrons. The molecule has 0 spiro atoms. The lowest BCUT2D eigenvalue weighted by Crippen LogP contribution is -2.41. The molecule has 100 valence electrons. The highest BCUT2D eigenvalue weighted by Gasteiger charge is 2.42. The maximum Gasteiger partial charge on any atom is 0.256 e. The van der Waals surface area contributed by atoms with E-state index in [1.165, 1.54) is 4.90 Å². The molecule has 1 aromatic carbocycles. The summed E-state index contributed by atoms with van der Waals surface area (Å²) in [7, 11) is 0. The molecule has 0 N–H and O–H groups in total. The van der Waals surface area contributed by atoms with Crippen LogP contribution in [0.3, 0.4) is 0 Å². The van der Waals surface area contributed by atoms with E-state index in [0.29, 0.717) is 12.0 Å². The van der Waals surface area contributed by atoms with Crippen LogP contribution >= 0.6 is 0 Å². The Hall–Kier alpha value is -1.90. The summed E-state index contributed by atoms with van der Waals surface area (Å²) in [5, 5.41) is 0. The maximum atomic E-state index is 12.5. The molecule has 19 heavy (non-hydrogen) atoms. The van der Waals surface area contributed by atoms with E-state index < -0.39 is 5.41 Å². The van der Waals surface area contributed by atoms with Gasteiger partial charge in [-0.1, -0.05) is 57.7 Å². The van der Waals surface area contributed by atoms with Gasteiger partial charge in [0.15, 0.2) is 0 Å². The van der Waals surface area contributed by atoms with E-state index in [9.17, 15) is 9.59 Å². The molecule has 3 nitrogen and oxygen atoms in total. The molecule has 0 saturated carbocycles. The number of benzene rings is 1. The van der Waals surface area contributed by atoms with Crippen LogP contribution in [0, 0.1) is 5.41 Å². The molecular weight excluding hydrogens is 238 g/mol. The van der Waals surface area contributed by atoms with Crippen LogP contribution in [0.1, 0.15) is 38.8 Å². The van der Waals surface area contributed by atoms with Gasteiger partial charge in [-0.05, 0) is 5.56 Å². The Morgan fingerprint density at radius 2 is 1.84 bits per heavy atom. The molecule has 1 saturated heterocycles. The summed E-state index contributed by atoms with van der Waals surface area (Å²) in [6.45, 7) is 9.26. The van der Waals surface area contributed by atoms with Gasteiger partial charge in [0, 0.05) is 17.4 Å². The number of carbonyl (C=O) groups is 2. The Kier molecular flexibility index (Phi) is 3.31. The number of hydrogen-bond donors (Lipinski definition) is 0. The molecule has 0 aromatic heterocycles. The van der Waals surface area contributed by atoms with Crippen LogP contribution < -0.4 is 0 Å². The molecule has 1 aromatic rings. The van der Waals surface area contributed by atoms with Gasteiger partial charge >= 0.3 is 0 Å². The van der Waals surface area contributed by atoms with Crippen LogP contribution in [0.4, 0.5) is 0 Å². The summed E-state index contributed by atoms with van der Waals surface area (Å²) in [6, 6.07) is 9.43. The number of likely N-dealkylation sites (tertiary alicyclic amines) is 1. The lowest BCUT2D eigenvalue weighted by atomic mass is 9.93. The SMILES string of the molecule is C=C1CC(c2ccccc2)N(C(=O)C(C)(C)C)C1=O. The standard InChI is InChI=1S/C16H19NO2/c1-11-10-13(12-8-6-5-7-9-12)17(14(11)18)15(19)16(2,3)4/h5-9,13H,1,10H2,2-4H3.